The zero-order valence-electron chi connectivity index (χ0n) is 13.3. The van der Waals surface area contributed by atoms with Gasteiger partial charge >= 0.3 is 0 Å². The van der Waals surface area contributed by atoms with Crippen LogP contribution in [0.5, 0.6) is 11.5 Å². The number of benzene rings is 2. The van der Waals surface area contributed by atoms with Gasteiger partial charge in [-0.2, -0.15) is 0 Å². The van der Waals surface area contributed by atoms with E-state index >= 15 is 0 Å². The number of aryl methyl sites for hydroxylation is 1. The highest BCUT2D eigenvalue weighted by molar-refractivity contribution is 6.64. The van der Waals surface area contributed by atoms with Crippen molar-refractivity contribution in [1.82, 2.24) is 0 Å². The zero-order valence-corrected chi connectivity index (χ0v) is 14.8. The second-order valence-electron chi connectivity index (χ2n) is 5.19. The summed E-state index contributed by atoms with van der Waals surface area (Å²) >= 11 is 11.5. The monoisotopic (exact) mass is 383 g/mol. The Bertz CT molecular complexity index is 781. The Morgan fingerprint density at radius 2 is 1.96 bits per heavy atom. The Morgan fingerprint density at radius 3 is 2.56 bits per heavy atom. The molecular formula is C17H15Cl2NO5. The minimum absolute atomic E-state index is 0.104. The van der Waals surface area contributed by atoms with Crippen LogP contribution in [0, 0.1) is 17.0 Å². The summed E-state index contributed by atoms with van der Waals surface area (Å²) in [5, 5.41) is 10.2. The van der Waals surface area contributed by atoms with E-state index in [-0.39, 0.29) is 29.5 Å². The van der Waals surface area contributed by atoms with Crippen LogP contribution in [-0.4, -0.2) is 22.9 Å². The predicted octanol–water partition coefficient (Wildman–Crippen LogP) is 4.54. The summed E-state index contributed by atoms with van der Waals surface area (Å²) in [6.45, 7) is 1.96. The molecule has 8 heteroatoms. The minimum atomic E-state index is -0.875. The lowest BCUT2D eigenvalue weighted by molar-refractivity contribution is -0.384. The van der Waals surface area contributed by atoms with E-state index in [1.165, 1.54) is 18.2 Å². The first-order valence-corrected chi connectivity index (χ1v) is 8.12. The number of halogens is 2. The van der Waals surface area contributed by atoms with Gasteiger partial charge in [0.25, 0.3) is 10.9 Å². The molecule has 0 fully saturated rings. The maximum atomic E-state index is 11.6. The Labute approximate surface area is 154 Å². The van der Waals surface area contributed by atoms with E-state index < -0.39 is 16.3 Å². The number of carbonyl (C=O) groups excluding carboxylic acids is 1. The number of ether oxygens (including phenoxy) is 2. The molecule has 2 rings (SSSR count). The molecule has 0 saturated carbocycles. The topological polar surface area (TPSA) is 78.7 Å². The van der Waals surface area contributed by atoms with Crippen LogP contribution in [0.15, 0.2) is 42.5 Å². The van der Waals surface area contributed by atoms with Gasteiger partial charge in [0.2, 0.25) is 0 Å². The number of nitrogens with zero attached hydrogens (tertiary/aromatic N) is 1. The van der Waals surface area contributed by atoms with Crippen LogP contribution in [0.3, 0.4) is 0 Å². The van der Waals surface area contributed by atoms with Gasteiger partial charge in [-0.25, -0.2) is 0 Å². The molecule has 0 bridgehead atoms. The van der Waals surface area contributed by atoms with Crippen LogP contribution in [0.1, 0.15) is 12.0 Å². The average Bonchev–Trinajstić information content (AvgIpc) is 2.56. The van der Waals surface area contributed by atoms with Gasteiger partial charge in [-0.3, -0.25) is 14.9 Å². The van der Waals surface area contributed by atoms with Crippen LogP contribution in [0.25, 0.3) is 0 Å². The van der Waals surface area contributed by atoms with E-state index in [1.807, 2.05) is 19.1 Å². The van der Waals surface area contributed by atoms with Crippen molar-refractivity contribution >= 4 is 34.1 Å². The molecule has 0 aliphatic heterocycles. The Morgan fingerprint density at radius 1 is 1.24 bits per heavy atom. The van der Waals surface area contributed by atoms with Gasteiger partial charge in [0.15, 0.2) is 6.10 Å². The first-order chi connectivity index (χ1) is 11.9. The summed E-state index contributed by atoms with van der Waals surface area (Å²) in [5.74, 6) is 0.846. The Kier molecular flexibility index (Phi) is 6.61. The zero-order chi connectivity index (χ0) is 18.4. The van der Waals surface area contributed by atoms with Crippen molar-refractivity contribution in [3.63, 3.8) is 0 Å². The molecular weight excluding hydrogens is 369 g/mol. The lowest BCUT2D eigenvalue weighted by Crippen LogP contribution is -2.26. The summed E-state index contributed by atoms with van der Waals surface area (Å²) in [4.78, 5) is 21.7. The van der Waals surface area contributed by atoms with Crippen molar-refractivity contribution in [3.8, 4) is 11.5 Å². The fourth-order valence-corrected chi connectivity index (χ4v) is 2.44. The molecule has 0 spiro atoms. The maximum Gasteiger partial charge on any atom is 0.271 e. The van der Waals surface area contributed by atoms with Gasteiger partial charge in [0.05, 0.1) is 16.6 Å². The molecule has 1 unspecified atom stereocenters. The number of carbonyl (C=O) groups is 1. The quantitative estimate of drug-likeness (QED) is 0.379. The van der Waals surface area contributed by atoms with E-state index in [0.29, 0.717) is 5.75 Å². The molecule has 2 aromatic rings. The van der Waals surface area contributed by atoms with Crippen molar-refractivity contribution in [2.75, 3.05) is 6.61 Å². The molecule has 6 nitrogen and oxygen atoms in total. The number of rotatable bonds is 8. The van der Waals surface area contributed by atoms with E-state index in [4.69, 9.17) is 32.7 Å². The van der Waals surface area contributed by atoms with Crippen LogP contribution >= 0.6 is 23.2 Å². The summed E-state index contributed by atoms with van der Waals surface area (Å²) in [5.41, 5.74) is 0.749. The highest BCUT2D eigenvalue weighted by atomic mass is 35.5. The van der Waals surface area contributed by atoms with E-state index in [0.717, 1.165) is 5.56 Å². The normalized spacial score (nSPS) is 11.6. The first-order valence-electron chi connectivity index (χ1n) is 7.37. The van der Waals surface area contributed by atoms with Crippen LogP contribution in [0.2, 0.25) is 5.02 Å². The van der Waals surface area contributed by atoms with Gasteiger partial charge < -0.3 is 9.47 Å². The smallest absolute Gasteiger partial charge is 0.271 e. The number of para-hydroxylation sites is 1. The van der Waals surface area contributed by atoms with Gasteiger partial charge in [-0.05, 0) is 36.2 Å². The standard InChI is InChI=1S/C17H15Cl2NO5/c1-11-4-2-3-5-14(11)25-16(17(19)21)8-9-24-15-7-6-12(20(22)23)10-13(15)18/h2-7,10,16H,8-9H2,1H3. The average molecular weight is 384 g/mol. The number of hydrogen-bond donors (Lipinski definition) is 0. The van der Waals surface area contributed by atoms with Crippen molar-refractivity contribution in [1.29, 1.82) is 0 Å². The summed E-state index contributed by atoms with van der Waals surface area (Å²) < 4.78 is 11.1. The highest BCUT2D eigenvalue weighted by Gasteiger charge is 2.20. The van der Waals surface area contributed by atoms with Gasteiger partial charge in [0.1, 0.15) is 11.5 Å². The Hall–Kier alpha value is -2.31. The number of nitro groups is 1. The fraction of sp³-hybridized carbons (Fsp3) is 0.235. The molecule has 0 aromatic heterocycles. The maximum absolute atomic E-state index is 11.6. The molecule has 25 heavy (non-hydrogen) atoms. The van der Waals surface area contributed by atoms with E-state index in [2.05, 4.69) is 0 Å². The van der Waals surface area contributed by atoms with Gasteiger partial charge in [0, 0.05) is 18.6 Å². The van der Waals surface area contributed by atoms with Crippen LogP contribution in [-0.2, 0) is 4.79 Å². The largest absolute Gasteiger partial charge is 0.492 e. The van der Waals surface area contributed by atoms with Gasteiger partial charge in [-0.15, -0.1) is 0 Å². The molecule has 0 heterocycles. The third-order valence-electron chi connectivity index (χ3n) is 3.38. The predicted molar refractivity (Wildman–Crippen MR) is 94.7 cm³/mol. The Balaban J connectivity index is 1.97. The van der Waals surface area contributed by atoms with Crippen molar-refractivity contribution < 1.29 is 19.2 Å². The fourth-order valence-electron chi connectivity index (χ4n) is 2.06. The summed E-state index contributed by atoms with van der Waals surface area (Å²) in [7, 11) is 0. The van der Waals surface area contributed by atoms with Gasteiger partial charge in [-0.1, -0.05) is 29.8 Å². The molecule has 0 saturated heterocycles. The van der Waals surface area contributed by atoms with Crippen molar-refractivity contribution in [2.24, 2.45) is 0 Å². The second-order valence-corrected chi connectivity index (χ2v) is 5.96. The molecule has 0 aliphatic carbocycles. The minimum Gasteiger partial charge on any atom is -0.492 e. The second kappa shape index (κ2) is 8.69. The highest BCUT2D eigenvalue weighted by Crippen LogP contribution is 2.29. The molecule has 1 atom stereocenters. The lowest BCUT2D eigenvalue weighted by atomic mass is 10.2. The number of nitro benzene ring substituents is 1. The van der Waals surface area contributed by atoms with Crippen LogP contribution in [0.4, 0.5) is 5.69 Å². The van der Waals surface area contributed by atoms with Crippen molar-refractivity contribution in [2.45, 2.75) is 19.4 Å². The molecule has 2 aromatic carbocycles. The molecule has 132 valence electrons. The molecule has 0 radical (unpaired) electrons. The first kappa shape index (κ1) is 19.0. The number of hydrogen-bond acceptors (Lipinski definition) is 5. The van der Waals surface area contributed by atoms with Crippen LogP contribution < -0.4 is 9.47 Å². The third-order valence-corrected chi connectivity index (χ3v) is 3.92. The molecule has 0 N–H and O–H groups in total. The lowest BCUT2D eigenvalue weighted by Gasteiger charge is -2.17. The SMILES string of the molecule is Cc1ccccc1OC(CCOc1ccc([N+](=O)[O-])cc1Cl)C(=O)Cl. The summed E-state index contributed by atoms with van der Waals surface area (Å²) in [6.07, 6.45) is -0.677. The summed E-state index contributed by atoms with van der Waals surface area (Å²) in [6, 6.07) is 11.2. The van der Waals surface area contributed by atoms with E-state index in [1.54, 1.807) is 12.1 Å². The van der Waals surface area contributed by atoms with E-state index in [9.17, 15) is 14.9 Å². The third kappa shape index (κ3) is 5.34. The number of non-ortho nitro benzene ring substituents is 1. The molecule has 0 amide bonds. The van der Waals surface area contributed by atoms with Crippen molar-refractivity contribution in [3.05, 3.63) is 63.2 Å². The molecule has 0 aliphatic rings.